The van der Waals surface area contributed by atoms with Gasteiger partial charge in [0.15, 0.2) is 0 Å². The normalized spacial score (nSPS) is 19.8. The SMILES string of the molecule is Cc1ccc(-c2nnco2)cc1NC1CCN(C)C1. The van der Waals surface area contributed by atoms with Crippen molar-refractivity contribution in [2.45, 2.75) is 19.4 Å². The van der Waals surface area contributed by atoms with Gasteiger partial charge in [-0.1, -0.05) is 6.07 Å². The molecule has 5 nitrogen and oxygen atoms in total. The average molecular weight is 258 g/mol. The topological polar surface area (TPSA) is 54.2 Å². The molecule has 1 aliphatic rings. The van der Waals surface area contributed by atoms with Gasteiger partial charge in [0.2, 0.25) is 12.3 Å². The molecular weight excluding hydrogens is 240 g/mol. The number of aromatic nitrogens is 2. The van der Waals surface area contributed by atoms with E-state index < -0.39 is 0 Å². The molecule has 5 heteroatoms. The molecule has 0 saturated carbocycles. The average Bonchev–Trinajstić information content (AvgIpc) is 3.04. The third-order valence-corrected chi connectivity index (χ3v) is 3.60. The number of aryl methyl sites for hydroxylation is 1. The van der Waals surface area contributed by atoms with Crippen molar-refractivity contribution in [3.8, 4) is 11.5 Å². The van der Waals surface area contributed by atoms with Crippen LogP contribution >= 0.6 is 0 Å². The van der Waals surface area contributed by atoms with Crippen LogP contribution in [0.1, 0.15) is 12.0 Å². The smallest absolute Gasteiger partial charge is 0.247 e. The number of likely N-dealkylation sites (N-methyl/N-ethyl adjacent to an activating group) is 1. The van der Waals surface area contributed by atoms with E-state index in [0.717, 1.165) is 24.3 Å². The predicted molar refractivity (Wildman–Crippen MR) is 74.0 cm³/mol. The van der Waals surface area contributed by atoms with E-state index in [0.29, 0.717) is 11.9 Å². The maximum Gasteiger partial charge on any atom is 0.247 e. The highest BCUT2D eigenvalue weighted by Gasteiger charge is 2.19. The van der Waals surface area contributed by atoms with E-state index in [-0.39, 0.29) is 0 Å². The Morgan fingerprint density at radius 2 is 2.32 bits per heavy atom. The van der Waals surface area contributed by atoms with Gasteiger partial charge in [-0.15, -0.1) is 10.2 Å². The lowest BCUT2D eigenvalue weighted by molar-refractivity contribution is 0.414. The standard InChI is InChI=1S/C14H18N4O/c1-10-3-4-11(14-17-15-9-19-14)7-13(10)16-12-5-6-18(2)8-12/h3-4,7,9,12,16H,5-6,8H2,1-2H3. The Hall–Kier alpha value is -1.88. The summed E-state index contributed by atoms with van der Waals surface area (Å²) in [4.78, 5) is 2.34. The summed E-state index contributed by atoms with van der Waals surface area (Å²) in [7, 11) is 2.16. The number of benzene rings is 1. The van der Waals surface area contributed by atoms with Gasteiger partial charge in [-0.2, -0.15) is 0 Å². The summed E-state index contributed by atoms with van der Waals surface area (Å²) in [5.41, 5.74) is 3.34. The van der Waals surface area contributed by atoms with Gasteiger partial charge in [0, 0.05) is 23.8 Å². The lowest BCUT2D eigenvalue weighted by atomic mass is 10.1. The van der Waals surface area contributed by atoms with Gasteiger partial charge >= 0.3 is 0 Å². The second-order valence-electron chi connectivity index (χ2n) is 5.17. The molecule has 1 N–H and O–H groups in total. The lowest BCUT2D eigenvalue weighted by Crippen LogP contribution is -2.23. The highest BCUT2D eigenvalue weighted by Crippen LogP contribution is 2.25. The Balaban J connectivity index is 1.82. The Labute approximate surface area is 112 Å². The van der Waals surface area contributed by atoms with Crippen LogP contribution < -0.4 is 5.32 Å². The fourth-order valence-electron chi connectivity index (χ4n) is 2.48. The zero-order chi connectivity index (χ0) is 13.2. The van der Waals surface area contributed by atoms with Crippen molar-refractivity contribution in [3.05, 3.63) is 30.2 Å². The molecule has 100 valence electrons. The number of nitrogens with one attached hydrogen (secondary N) is 1. The molecule has 0 aliphatic carbocycles. The Bertz CT molecular complexity index is 553. The molecule has 1 aliphatic heterocycles. The Kier molecular flexibility index (Phi) is 3.21. The highest BCUT2D eigenvalue weighted by atomic mass is 16.4. The van der Waals surface area contributed by atoms with Crippen molar-refractivity contribution in [2.24, 2.45) is 0 Å². The molecule has 0 spiro atoms. The minimum atomic E-state index is 0.515. The van der Waals surface area contributed by atoms with Crippen LogP contribution in [0, 0.1) is 6.92 Å². The van der Waals surface area contributed by atoms with E-state index in [2.05, 4.69) is 46.5 Å². The first kappa shape index (κ1) is 12.2. The Morgan fingerprint density at radius 1 is 1.42 bits per heavy atom. The molecule has 1 aromatic carbocycles. The zero-order valence-corrected chi connectivity index (χ0v) is 11.3. The van der Waals surface area contributed by atoms with Crippen molar-refractivity contribution in [3.63, 3.8) is 0 Å². The number of likely N-dealkylation sites (tertiary alicyclic amines) is 1. The van der Waals surface area contributed by atoms with Crippen molar-refractivity contribution < 1.29 is 4.42 Å². The van der Waals surface area contributed by atoms with Crippen molar-refractivity contribution in [2.75, 3.05) is 25.5 Å². The fourth-order valence-corrected chi connectivity index (χ4v) is 2.48. The monoisotopic (exact) mass is 258 g/mol. The molecule has 0 amide bonds. The summed E-state index contributed by atoms with van der Waals surface area (Å²) in [5, 5.41) is 11.3. The molecule has 19 heavy (non-hydrogen) atoms. The second kappa shape index (κ2) is 5.01. The van der Waals surface area contributed by atoms with Gasteiger partial charge in [0.25, 0.3) is 0 Å². The van der Waals surface area contributed by atoms with E-state index in [9.17, 15) is 0 Å². The molecule has 2 heterocycles. The first-order valence-corrected chi connectivity index (χ1v) is 6.54. The Morgan fingerprint density at radius 3 is 3.00 bits per heavy atom. The number of hydrogen-bond donors (Lipinski definition) is 1. The summed E-state index contributed by atoms with van der Waals surface area (Å²) in [6.07, 6.45) is 2.54. The minimum absolute atomic E-state index is 0.515. The first-order valence-electron chi connectivity index (χ1n) is 6.54. The van der Waals surface area contributed by atoms with Crippen LogP contribution in [0.5, 0.6) is 0 Å². The van der Waals surface area contributed by atoms with Gasteiger partial charge in [-0.25, -0.2) is 0 Å². The molecule has 0 bridgehead atoms. The summed E-state index contributed by atoms with van der Waals surface area (Å²) >= 11 is 0. The molecule has 3 rings (SSSR count). The van der Waals surface area contributed by atoms with E-state index in [1.54, 1.807) is 0 Å². The summed E-state index contributed by atoms with van der Waals surface area (Å²) < 4.78 is 5.24. The van der Waals surface area contributed by atoms with E-state index in [1.807, 2.05) is 6.07 Å². The molecule has 0 radical (unpaired) electrons. The molecular formula is C14H18N4O. The van der Waals surface area contributed by atoms with Crippen molar-refractivity contribution in [1.29, 1.82) is 0 Å². The quantitative estimate of drug-likeness (QED) is 0.914. The van der Waals surface area contributed by atoms with Crippen LogP contribution in [0.4, 0.5) is 5.69 Å². The van der Waals surface area contributed by atoms with E-state index in [4.69, 9.17) is 4.42 Å². The minimum Gasteiger partial charge on any atom is -0.423 e. The third kappa shape index (κ3) is 2.61. The molecule has 1 unspecified atom stereocenters. The maximum absolute atomic E-state index is 5.24. The second-order valence-corrected chi connectivity index (χ2v) is 5.17. The van der Waals surface area contributed by atoms with Crippen LogP contribution in [-0.4, -0.2) is 41.3 Å². The number of hydrogen-bond acceptors (Lipinski definition) is 5. The number of anilines is 1. The first-order chi connectivity index (χ1) is 9.22. The molecule has 1 saturated heterocycles. The molecule has 2 aromatic rings. The van der Waals surface area contributed by atoms with Crippen LogP contribution in [0.3, 0.4) is 0 Å². The van der Waals surface area contributed by atoms with E-state index >= 15 is 0 Å². The van der Waals surface area contributed by atoms with Gasteiger partial charge < -0.3 is 14.6 Å². The van der Waals surface area contributed by atoms with Crippen molar-refractivity contribution in [1.82, 2.24) is 15.1 Å². The highest BCUT2D eigenvalue weighted by molar-refractivity contribution is 5.64. The molecule has 1 aromatic heterocycles. The van der Waals surface area contributed by atoms with Gasteiger partial charge in [-0.05, 0) is 44.6 Å². The van der Waals surface area contributed by atoms with Crippen LogP contribution in [-0.2, 0) is 0 Å². The van der Waals surface area contributed by atoms with Gasteiger partial charge in [0.1, 0.15) is 0 Å². The summed E-state index contributed by atoms with van der Waals surface area (Å²) in [6, 6.07) is 6.69. The third-order valence-electron chi connectivity index (χ3n) is 3.60. The van der Waals surface area contributed by atoms with Crippen LogP contribution in [0.15, 0.2) is 29.0 Å². The van der Waals surface area contributed by atoms with Crippen LogP contribution in [0.25, 0.3) is 11.5 Å². The van der Waals surface area contributed by atoms with Gasteiger partial charge in [0.05, 0.1) is 0 Å². The lowest BCUT2D eigenvalue weighted by Gasteiger charge is -2.16. The zero-order valence-electron chi connectivity index (χ0n) is 11.3. The molecule has 1 atom stereocenters. The largest absolute Gasteiger partial charge is 0.423 e. The number of rotatable bonds is 3. The predicted octanol–water partition coefficient (Wildman–Crippen LogP) is 2.16. The van der Waals surface area contributed by atoms with Gasteiger partial charge in [-0.3, -0.25) is 0 Å². The summed E-state index contributed by atoms with van der Waals surface area (Å²) in [5.74, 6) is 0.562. The molecule has 1 fully saturated rings. The van der Waals surface area contributed by atoms with Crippen LogP contribution in [0.2, 0.25) is 0 Å². The summed E-state index contributed by atoms with van der Waals surface area (Å²) in [6.45, 7) is 4.35. The number of nitrogens with zero attached hydrogens (tertiary/aromatic N) is 3. The van der Waals surface area contributed by atoms with Crippen molar-refractivity contribution >= 4 is 5.69 Å². The maximum atomic E-state index is 5.24. The fraction of sp³-hybridized carbons (Fsp3) is 0.429. The van der Waals surface area contributed by atoms with E-state index in [1.165, 1.54) is 18.4 Å².